The number of nitrogens with zero attached hydrogens (tertiary/aromatic N) is 2. The topological polar surface area (TPSA) is 25.8 Å². The molecule has 2 rings (SSSR count). The van der Waals surface area contributed by atoms with Crippen molar-refractivity contribution in [3.8, 4) is 0 Å². The van der Waals surface area contributed by atoms with Gasteiger partial charge in [-0.15, -0.1) is 11.3 Å². The molecule has 0 saturated carbocycles. The summed E-state index contributed by atoms with van der Waals surface area (Å²) in [5.41, 5.74) is 4.81. The molecule has 2 aromatic rings. The predicted molar refractivity (Wildman–Crippen MR) is 70.3 cm³/mol. The number of pyridine rings is 1. The Balaban J connectivity index is 2.83. The quantitative estimate of drug-likeness (QED) is 0.690. The minimum absolute atomic E-state index is 0.0839. The highest BCUT2D eigenvalue weighted by Gasteiger charge is 2.21. The number of hydrogen-bond donors (Lipinski definition) is 0. The molecule has 2 heterocycles. The van der Waals surface area contributed by atoms with Crippen molar-refractivity contribution in [1.29, 1.82) is 0 Å². The van der Waals surface area contributed by atoms with E-state index in [2.05, 4.69) is 39.6 Å². The molecule has 0 spiro atoms. The van der Waals surface area contributed by atoms with E-state index in [1.807, 2.05) is 6.92 Å². The van der Waals surface area contributed by atoms with Gasteiger partial charge in [0.2, 0.25) is 0 Å². The number of rotatable bonds is 0. The van der Waals surface area contributed by atoms with Crippen molar-refractivity contribution in [2.24, 2.45) is 0 Å². The van der Waals surface area contributed by atoms with Crippen molar-refractivity contribution in [2.75, 3.05) is 0 Å². The number of aryl methyl sites for hydroxylation is 2. The van der Waals surface area contributed by atoms with Gasteiger partial charge in [0, 0.05) is 5.41 Å². The van der Waals surface area contributed by atoms with Crippen LogP contribution in [0.25, 0.3) is 10.3 Å². The molecule has 0 aliphatic heterocycles. The van der Waals surface area contributed by atoms with Crippen molar-refractivity contribution in [2.45, 2.75) is 47.0 Å². The monoisotopic (exact) mass is 234 g/mol. The molecule has 0 aliphatic rings. The van der Waals surface area contributed by atoms with E-state index < -0.39 is 0 Å². The van der Waals surface area contributed by atoms with Crippen LogP contribution in [0.5, 0.6) is 0 Å². The largest absolute Gasteiger partial charge is 0.232 e. The van der Waals surface area contributed by atoms with E-state index in [-0.39, 0.29) is 5.41 Å². The summed E-state index contributed by atoms with van der Waals surface area (Å²) in [6.07, 6.45) is 0. The van der Waals surface area contributed by atoms with Crippen molar-refractivity contribution < 1.29 is 0 Å². The molecular formula is C13H18N2S. The number of aromatic nitrogens is 2. The molecule has 0 radical (unpaired) electrons. The number of hydrogen-bond acceptors (Lipinski definition) is 3. The third kappa shape index (κ3) is 1.73. The van der Waals surface area contributed by atoms with Crippen LogP contribution in [0.3, 0.4) is 0 Å². The van der Waals surface area contributed by atoms with Crippen LogP contribution < -0.4 is 0 Å². The Kier molecular flexibility index (Phi) is 2.54. The molecule has 0 saturated heterocycles. The van der Waals surface area contributed by atoms with E-state index in [1.165, 1.54) is 21.5 Å². The lowest BCUT2D eigenvalue weighted by molar-refractivity contribution is 0.566. The van der Waals surface area contributed by atoms with Crippen LogP contribution in [-0.4, -0.2) is 9.97 Å². The summed E-state index contributed by atoms with van der Waals surface area (Å²) >= 11 is 1.74. The van der Waals surface area contributed by atoms with E-state index in [0.29, 0.717) is 0 Å². The molecule has 16 heavy (non-hydrogen) atoms. The number of thiazole rings is 1. The van der Waals surface area contributed by atoms with Crippen LogP contribution in [0.2, 0.25) is 0 Å². The van der Waals surface area contributed by atoms with Gasteiger partial charge >= 0.3 is 0 Å². The second kappa shape index (κ2) is 3.52. The average molecular weight is 234 g/mol. The zero-order chi connectivity index (χ0) is 12.1. The van der Waals surface area contributed by atoms with Crippen LogP contribution in [0, 0.1) is 20.8 Å². The van der Waals surface area contributed by atoms with Crippen LogP contribution in [0.4, 0.5) is 0 Å². The summed E-state index contributed by atoms with van der Waals surface area (Å²) < 4.78 is 1.24. The van der Waals surface area contributed by atoms with E-state index in [1.54, 1.807) is 11.3 Å². The highest BCUT2D eigenvalue weighted by atomic mass is 32.1. The maximum Gasteiger partial charge on any atom is 0.171 e. The predicted octanol–water partition coefficient (Wildman–Crippen LogP) is 3.91. The minimum Gasteiger partial charge on any atom is -0.232 e. The van der Waals surface area contributed by atoms with E-state index in [9.17, 15) is 0 Å². The fourth-order valence-electron chi connectivity index (χ4n) is 2.00. The molecule has 0 atom stereocenters. The Morgan fingerprint density at radius 2 is 1.56 bits per heavy atom. The lowest BCUT2D eigenvalue weighted by Crippen LogP contribution is -2.16. The Labute approximate surface area is 101 Å². The van der Waals surface area contributed by atoms with Gasteiger partial charge in [0.15, 0.2) is 5.65 Å². The van der Waals surface area contributed by atoms with Gasteiger partial charge in [0.25, 0.3) is 0 Å². The van der Waals surface area contributed by atoms with Gasteiger partial charge in [0.1, 0.15) is 0 Å². The van der Waals surface area contributed by atoms with Gasteiger partial charge in [-0.05, 0) is 31.9 Å². The van der Waals surface area contributed by atoms with Crippen molar-refractivity contribution in [3.63, 3.8) is 0 Å². The summed E-state index contributed by atoms with van der Waals surface area (Å²) in [4.78, 5) is 9.22. The fraction of sp³-hybridized carbons (Fsp3) is 0.538. The second-order valence-corrected chi connectivity index (χ2v) is 6.55. The normalized spacial score (nSPS) is 12.4. The lowest BCUT2D eigenvalue weighted by atomic mass is 9.87. The van der Waals surface area contributed by atoms with Crippen molar-refractivity contribution >= 4 is 21.7 Å². The second-order valence-electron chi connectivity index (χ2n) is 5.35. The molecule has 0 aromatic carbocycles. The van der Waals surface area contributed by atoms with Crippen molar-refractivity contribution in [1.82, 2.24) is 9.97 Å². The van der Waals surface area contributed by atoms with Crippen molar-refractivity contribution in [3.05, 3.63) is 21.8 Å². The summed E-state index contributed by atoms with van der Waals surface area (Å²) in [6.45, 7) is 13.0. The Bertz CT molecular complexity index is 547. The van der Waals surface area contributed by atoms with Crippen LogP contribution >= 0.6 is 11.3 Å². The van der Waals surface area contributed by atoms with Crippen LogP contribution in [0.1, 0.15) is 42.6 Å². The van der Waals surface area contributed by atoms with E-state index >= 15 is 0 Å². The first-order valence-electron chi connectivity index (χ1n) is 5.55. The molecule has 0 unspecified atom stereocenters. The molecule has 0 aliphatic carbocycles. The molecule has 0 N–H and O–H groups in total. The SMILES string of the molecule is Cc1nc2nc(C(C)(C)C)c(C)c(C)c2s1. The van der Waals surface area contributed by atoms with E-state index in [0.717, 1.165) is 10.7 Å². The molecule has 0 amide bonds. The molecule has 2 nitrogen and oxygen atoms in total. The Morgan fingerprint density at radius 3 is 2.12 bits per heavy atom. The average Bonchev–Trinajstić information content (AvgIpc) is 2.51. The first kappa shape index (κ1) is 11.5. The van der Waals surface area contributed by atoms with Crippen LogP contribution in [-0.2, 0) is 5.41 Å². The molecule has 2 aromatic heterocycles. The van der Waals surface area contributed by atoms with Gasteiger partial charge in [-0.2, -0.15) is 0 Å². The summed E-state index contributed by atoms with van der Waals surface area (Å²) in [5.74, 6) is 0. The van der Waals surface area contributed by atoms with E-state index in [4.69, 9.17) is 4.98 Å². The highest BCUT2D eigenvalue weighted by molar-refractivity contribution is 7.18. The van der Waals surface area contributed by atoms with Crippen LogP contribution in [0.15, 0.2) is 0 Å². The third-order valence-electron chi connectivity index (χ3n) is 2.90. The Morgan fingerprint density at radius 1 is 0.938 bits per heavy atom. The molecule has 3 heteroatoms. The fourth-order valence-corrected chi connectivity index (χ4v) is 2.92. The van der Waals surface area contributed by atoms with Gasteiger partial charge < -0.3 is 0 Å². The van der Waals surface area contributed by atoms with Gasteiger partial charge in [-0.3, -0.25) is 0 Å². The summed E-state index contributed by atoms with van der Waals surface area (Å²) in [7, 11) is 0. The maximum atomic E-state index is 4.73. The number of fused-ring (bicyclic) bond motifs is 1. The third-order valence-corrected chi connectivity index (χ3v) is 3.98. The summed E-state index contributed by atoms with van der Waals surface area (Å²) in [6, 6.07) is 0. The zero-order valence-corrected chi connectivity index (χ0v) is 11.6. The standard InChI is InChI=1S/C13H18N2S/c1-7-8(2)11(13(4,5)6)15-12-10(7)16-9(3)14-12/h1-6H3. The first-order valence-corrected chi connectivity index (χ1v) is 6.37. The maximum absolute atomic E-state index is 4.73. The smallest absolute Gasteiger partial charge is 0.171 e. The summed E-state index contributed by atoms with van der Waals surface area (Å²) in [5, 5.41) is 1.09. The Hall–Kier alpha value is -0.960. The van der Waals surface area contributed by atoms with Gasteiger partial charge in [-0.25, -0.2) is 9.97 Å². The minimum atomic E-state index is 0.0839. The molecular weight excluding hydrogens is 216 g/mol. The molecule has 0 bridgehead atoms. The lowest BCUT2D eigenvalue weighted by Gasteiger charge is -2.21. The molecule has 86 valence electrons. The molecule has 0 fully saturated rings. The zero-order valence-electron chi connectivity index (χ0n) is 10.8. The highest BCUT2D eigenvalue weighted by Crippen LogP contribution is 2.32. The van der Waals surface area contributed by atoms with Gasteiger partial charge in [0.05, 0.1) is 15.4 Å². The first-order chi connectivity index (χ1) is 7.30. The van der Waals surface area contributed by atoms with Gasteiger partial charge in [-0.1, -0.05) is 20.8 Å².